The molecule has 2 aromatic heterocycles. The Labute approximate surface area is 201 Å². The number of allylic oxidation sites excluding steroid dienone is 2. The third-order valence-corrected chi connectivity index (χ3v) is 5.97. The van der Waals surface area contributed by atoms with E-state index in [0.717, 1.165) is 24.7 Å². The number of rotatable bonds is 7. The zero-order valence-electron chi connectivity index (χ0n) is 19.7. The average molecular weight is 484 g/mol. The second-order valence-corrected chi connectivity index (χ2v) is 8.51. The first kappa shape index (κ1) is 23.1. The molecule has 5 rings (SSSR count). The Bertz CT molecular complexity index is 1310. The largest absolute Gasteiger partial charge is 0.421 e. The molecule has 4 heterocycles. The van der Waals surface area contributed by atoms with Crippen molar-refractivity contribution in [3.63, 3.8) is 0 Å². The Morgan fingerprint density at radius 1 is 1.23 bits per heavy atom. The lowest BCUT2D eigenvalue weighted by molar-refractivity contribution is 0.121. The van der Waals surface area contributed by atoms with Gasteiger partial charge in [-0.2, -0.15) is 9.97 Å². The molecule has 1 saturated heterocycles. The number of hydrogen-bond donors (Lipinski definition) is 4. The molecule has 35 heavy (non-hydrogen) atoms. The molecule has 1 fully saturated rings. The van der Waals surface area contributed by atoms with Crippen LogP contribution in [0.3, 0.4) is 0 Å². The van der Waals surface area contributed by atoms with Crippen LogP contribution in [0.15, 0.2) is 42.1 Å². The van der Waals surface area contributed by atoms with Crippen LogP contribution in [0.4, 0.5) is 20.4 Å². The van der Waals surface area contributed by atoms with Crippen molar-refractivity contribution in [3.05, 3.63) is 59.5 Å². The number of aryl methyl sites for hydroxylation is 1. The van der Waals surface area contributed by atoms with Gasteiger partial charge in [0.25, 0.3) is 0 Å². The molecule has 11 heteroatoms. The van der Waals surface area contributed by atoms with Crippen LogP contribution in [-0.2, 0) is 4.74 Å². The molecular weight excluding hydrogens is 456 g/mol. The van der Waals surface area contributed by atoms with Crippen LogP contribution in [-0.4, -0.2) is 47.4 Å². The van der Waals surface area contributed by atoms with Gasteiger partial charge >= 0.3 is 6.01 Å². The predicted octanol–water partition coefficient (Wildman–Crippen LogP) is 3.87. The minimum Gasteiger partial charge on any atom is -0.421 e. The molecule has 0 radical (unpaired) electrons. The van der Waals surface area contributed by atoms with Gasteiger partial charge in [0.1, 0.15) is 17.8 Å². The van der Waals surface area contributed by atoms with E-state index in [0.29, 0.717) is 23.9 Å². The smallest absolute Gasteiger partial charge is 0.326 e. The fraction of sp³-hybridized carbons (Fsp3) is 0.333. The van der Waals surface area contributed by atoms with Gasteiger partial charge in [-0.3, -0.25) is 0 Å². The number of ether oxygens (including phenoxy) is 2. The Morgan fingerprint density at radius 2 is 2.09 bits per heavy atom. The van der Waals surface area contributed by atoms with Gasteiger partial charge in [-0.05, 0) is 38.5 Å². The second kappa shape index (κ2) is 9.51. The van der Waals surface area contributed by atoms with E-state index in [-0.39, 0.29) is 34.9 Å². The molecule has 9 nitrogen and oxygen atoms in total. The molecule has 0 bridgehead atoms. The molecule has 0 spiro atoms. The molecule has 184 valence electrons. The topological polar surface area (TPSA) is 99.4 Å². The lowest BCUT2D eigenvalue weighted by Gasteiger charge is -2.20. The zero-order valence-corrected chi connectivity index (χ0v) is 19.7. The maximum Gasteiger partial charge on any atom is 0.326 e. The van der Waals surface area contributed by atoms with Crippen molar-refractivity contribution in [2.75, 3.05) is 30.4 Å². The average Bonchev–Trinajstić information content (AvgIpc) is 3.57. The summed E-state index contributed by atoms with van der Waals surface area (Å²) in [6.45, 7) is 5.05. The molecule has 2 unspecified atom stereocenters. The molecule has 2 atom stereocenters. The highest BCUT2D eigenvalue weighted by atomic mass is 19.1. The van der Waals surface area contributed by atoms with Crippen molar-refractivity contribution in [2.24, 2.45) is 0 Å². The normalized spacial score (nSPS) is 20.0. The van der Waals surface area contributed by atoms with E-state index in [4.69, 9.17) is 9.47 Å². The van der Waals surface area contributed by atoms with E-state index in [1.165, 1.54) is 6.07 Å². The van der Waals surface area contributed by atoms with Crippen LogP contribution in [0.25, 0.3) is 10.9 Å². The van der Waals surface area contributed by atoms with Crippen LogP contribution < -0.4 is 25.8 Å². The number of hydrogen-bond acceptors (Lipinski definition) is 8. The van der Waals surface area contributed by atoms with E-state index in [9.17, 15) is 4.39 Å². The number of benzene rings is 1. The van der Waals surface area contributed by atoms with Crippen LogP contribution in [0.2, 0.25) is 0 Å². The fourth-order valence-electron chi connectivity index (χ4n) is 4.27. The Hall–Kier alpha value is -3.70. The van der Waals surface area contributed by atoms with Crippen molar-refractivity contribution in [1.29, 1.82) is 0 Å². The number of aromatic amines is 1. The van der Waals surface area contributed by atoms with E-state index < -0.39 is 11.6 Å². The summed E-state index contributed by atoms with van der Waals surface area (Å²) in [7, 11) is 1.68. The molecule has 0 amide bonds. The Kier molecular flexibility index (Phi) is 6.27. The summed E-state index contributed by atoms with van der Waals surface area (Å²) in [5.74, 6) is -0.535. The lowest BCUT2D eigenvalue weighted by Crippen LogP contribution is -2.37. The molecule has 3 aromatic rings. The minimum atomic E-state index is -0.685. The van der Waals surface area contributed by atoms with Crippen LogP contribution in [0.1, 0.15) is 19.0 Å². The summed E-state index contributed by atoms with van der Waals surface area (Å²) < 4.78 is 41.0. The van der Waals surface area contributed by atoms with Crippen LogP contribution in [0, 0.1) is 18.6 Å². The molecule has 2 aliphatic heterocycles. The van der Waals surface area contributed by atoms with Crippen LogP contribution in [0.5, 0.6) is 11.8 Å². The molecule has 4 N–H and O–H groups in total. The maximum atomic E-state index is 15.1. The van der Waals surface area contributed by atoms with Gasteiger partial charge in [0.15, 0.2) is 17.4 Å². The van der Waals surface area contributed by atoms with Gasteiger partial charge in [-0.1, -0.05) is 6.08 Å². The van der Waals surface area contributed by atoms with Crippen molar-refractivity contribution >= 4 is 22.5 Å². The highest BCUT2D eigenvalue weighted by Gasteiger charge is 2.25. The highest BCUT2D eigenvalue weighted by Crippen LogP contribution is 2.33. The minimum absolute atomic E-state index is 0.0866. The Balaban J connectivity index is 1.48. The Morgan fingerprint density at radius 3 is 2.86 bits per heavy atom. The first-order chi connectivity index (χ1) is 16.9. The number of nitrogens with zero attached hydrogens (tertiary/aromatic N) is 3. The third kappa shape index (κ3) is 4.77. The summed E-state index contributed by atoms with van der Waals surface area (Å²) in [6.07, 6.45) is 6.50. The van der Waals surface area contributed by atoms with Gasteiger partial charge in [-0.25, -0.2) is 14.2 Å². The van der Waals surface area contributed by atoms with Crippen molar-refractivity contribution in [3.8, 4) is 11.8 Å². The zero-order chi connectivity index (χ0) is 24.5. The molecule has 2 aliphatic rings. The first-order valence-electron chi connectivity index (χ1n) is 11.4. The molecule has 1 aromatic carbocycles. The monoisotopic (exact) mass is 483 g/mol. The number of aromatic nitrogens is 3. The summed E-state index contributed by atoms with van der Waals surface area (Å²) in [6, 6.07) is 4.23. The highest BCUT2D eigenvalue weighted by molar-refractivity contribution is 5.83. The van der Waals surface area contributed by atoms with E-state index in [1.807, 2.05) is 30.1 Å². The summed E-state index contributed by atoms with van der Waals surface area (Å²) >= 11 is 0. The van der Waals surface area contributed by atoms with E-state index >= 15 is 4.39 Å². The number of hydrazine groups is 1. The predicted molar refractivity (Wildman–Crippen MR) is 129 cm³/mol. The van der Waals surface area contributed by atoms with Gasteiger partial charge in [0, 0.05) is 49.1 Å². The van der Waals surface area contributed by atoms with Gasteiger partial charge in [-0.15, -0.1) is 0 Å². The first-order valence-corrected chi connectivity index (χ1v) is 11.4. The maximum absolute atomic E-state index is 15.1. The molecule has 0 saturated carbocycles. The fourth-order valence-corrected chi connectivity index (χ4v) is 4.27. The lowest BCUT2D eigenvalue weighted by atomic mass is 10.2. The summed E-state index contributed by atoms with van der Waals surface area (Å²) in [5, 5.41) is 3.37. The number of H-pyrrole nitrogens is 1. The van der Waals surface area contributed by atoms with Crippen molar-refractivity contribution < 1.29 is 18.3 Å². The number of anilines is 2. The second-order valence-electron chi connectivity index (χ2n) is 8.51. The van der Waals surface area contributed by atoms with Gasteiger partial charge in [0.2, 0.25) is 0 Å². The molecule has 0 aliphatic carbocycles. The number of nitrogens with one attached hydrogen (secondary N) is 4. The number of fused-ring (bicyclic) bond motifs is 1. The summed E-state index contributed by atoms with van der Waals surface area (Å²) in [4.78, 5) is 13.8. The number of methoxy groups -OCH3 is 1. The van der Waals surface area contributed by atoms with E-state index in [1.54, 1.807) is 20.1 Å². The van der Waals surface area contributed by atoms with Crippen molar-refractivity contribution in [2.45, 2.75) is 32.5 Å². The third-order valence-electron chi connectivity index (χ3n) is 5.97. The van der Waals surface area contributed by atoms with Gasteiger partial charge in [0.05, 0.1) is 11.6 Å². The van der Waals surface area contributed by atoms with E-state index in [2.05, 4.69) is 31.1 Å². The SMILES string of the molecule is C/C=C/C1=CC(Nc2cc(N3CCC(OC)C3)nc(Oc3cc(F)c4[nH]c(C)cc4c3F)n2)NN1. The molecular formula is C24H27F2N7O2. The summed E-state index contributed by atoms with van der Waals surface area (Å²) in [5.41, 5.74) is 7.81. The quantitative estimate of drug-likeness (QED) is 0.402. The van der Waals surface area contributed by atoms with Crippen molar-refractivity contribution in [1.82, 2.24) is 25.8 Å². The van der Waals surface area contributed by atoms with Crippen LogP contribution >= 0.6 is 0 Å². The number of halogens is 2. The standard InChI is InChI=1S/C24H27F2N7O2/c1-4-5-14-9-20(32-31-14)28-19-11-21(33-7-6-15(12-33)34-3)30-24(29-19)35-18-10-17(25)23-16(22(18)26)8-13(2)27-23/h4-5,8-11,15,20,27,31-32H,6-7,12H2,1-3H3,(H,28,29,30)/b5-4+. The van der Waals surface area contributed by atoms with Gasteiger partial charge < -0.3 is 30.1 Å².